The number of aliphatic hydroxyl groups excluding tert-OH is 2. The van der Waals surface area contributed by atoms with Crippen molar-refractivity contribution < 1.29 is 56.6 Å². The van der Waals surface area contributed by atoms with Crippen molar-refractivity contribution in [3.05, 3.63) is 42.7 Å². The molecule has 3 aromatic rings. The highest BCUT2D eigenvalue weighted by Gasteiger charge is 2.46. The Balaban J connectivity index is 1.12. The standard InChI is InChI=1S/C23H30N6O11P2/c1-13(30)15-3-2-6-28(8-15)16-5-4-14(7-16)9-37-41(33,34)40-42(35,36)38-10-17-19(31)20(32)23(39-17)29-12-27-18-21(24)25-11-26-22(18)29/h2-3,6,8,11-12,14,16-17,19-20,23,31-32H,4-5,7,9-10H2,1H3,(H3-,24,25,26,33,34,35,36)/p+1. The van der Waals surface area contributed by atoms with E-state index in [0.29, 0.717) is 18.4 Å². The van der Waals surface area contributed by atoms with Crippen LogP contribution in [0.1, 0.15) is 48.8 Å². The Morgan fingerprint density at radius 2 is 1.88 bits per heavy atom. The summed E-state index contributed by atoms with van der Waals surface area (Å²) in [7, 11) is -10.2. The van der Waals surface area contributed by atoms with Crippen LogP contribution >= 0.6 is 15.6 Å². The third-order valence-electron chi connectivity index (χ3n) is 7.24. The zero-order chi connectivity index (χ0) is 30.2. The first-order valence-electron chi connectivity index (χ1n) is 13.0. The van der Waals surface area contributed by atoms with Crippen LogP contribution < -0.4 is 10.3 Å². The van der Waals surface area contributed by atoms with Crippen molar-refractivity contribution in [2.45, 2.75) is 56.8 Å². The fraction of sp³-hybridized carbons (Fsp3) is 0.522. The van der Waals surface area contributed by atoms with Gasteiger partial charge in [-0.05, 0) is 25.3 Å². The Bertz CT molecular complexity index is 1560. The van der Waals surface area contributed by atoms with Crippen LogP contribution in [0.4, 0.5) is 5.82 Å². The molecule has 5 rings (SSSR count). The molecule has 0 spiro atoms. The number of aliphatic hydroxyl groups is 2. The van der Waals surface area contributed by atoms with Gasteiger partial charge in [-0.2, -0.15) is 4.31 Å². The van der Waals surface area contributed by atoms with Gasteiger partial charge in [-0.25, -0.2) is 28.6 Å². The summed E-state index contributed by atoms with van der Waals surface area (Å²) in [5.74, 6) is -0.118. The molecule has 3 aromatic heterocycles. The van der Waals surface area contributed by atoms with Gasteiger partial charge in [-0.15, -0.1) is 0 Å². The molecule has 8 unspecified atom stereocenters. The van der Waals surface area contributed by atoms with Gasteiger partial charge in [0, 0.05) is 18.9 Å². The number of Topliss-reactive ketones (excluding diaryl/α,β-unsaturated/α-hetero) is 1. The highest BCUT2D eigenvalue weighted by atomic mass is 31.3. The second-order valence-electron chi connectivity index (χ2n) is 10.2. The van der Waals surface area contributed by atoms with Crippen LogP contribution in [0.2, 0.25) is 0 Å². The summed E-state index contributed by atoms with van der Waals surface area (Å²) in [6.45, 7) is 0.474. The van der Waals surface area contributed by atoms with Gasteiger partial charge in [-0.1, -0.05) is 0 Å². The fourth-order valence-electron chi connectivity index (χ4n) is 5.10. The largest absolute Gasteiger partial charge is 0.481 e. The van der Waals surface area contributed by atoms with E-state index in [0.717, 1.165) is 6.42 Å². The van der Waals surface area contributed by atoms with Gasteiger partial charge in [-0.3, -0.25) is 18.4 Å². The van der Waals surface area contributed by atoms with E-state index < -0.39 is 46.8 Å². The van der Waals surface area contributed by atoms with E-state index in [9.17, 15) is 33.9 Å². The Kier molecular flexibility index (Phi) is 8.88. The number of phosphoric acid groups is 2. The molecule has 19 heteroatoms. The van der Waals surface area contributed by atoms with E-state index in [4.69, 9.17) is 19.5 Å². The monoisotopic (exact) mass is 629 g/mol. The lowest BCUT2D eigenvalue weighted by Crippen LogP contribution is -2.38. The number of ketones is 1. The number of imidazole rings is 1. The van der Waals surface area contributed by atoms with Crippen molar-refractivity contribution in [1.82, 2.24) is 19.5 Å². The van der Waals surface area contributed by atoms with Gasteiger partial charge in [0.15, 0.2) is 41.9 Å². The maximum absolute atomic E-state index is 12.4. The Hall–Kier alpha value is -2.69. The average Bonchev–Trinajstić information content (AvgIpc) is 3.65. The number of carbonyl (C=O) groups excluding carboxylic acids is 1. The van der Waals surface area contributed by atoms with Crippen molar-refractivity contribution in [2.24, 2.45) is 5.92 Å². The molecule has 0 radical (unpaired) electrons. The molecule has 1 saturated carbocycles. The predicted molar refractivity (Wildman–Crippen MR) is 141 cm³/mol. The quantitative estimate of drug-likeness (QED) is 0.112. The lowest BCUT2D eigenvalue weighted by molar-refractivity contribution is -0.722. The first kappa shape index (κ1) is 30.8. The van der Waals surface area contributed by atoms with E-state index in [2.05, 4.69) is 19.3 Å². The number of nitrogens with two attached hydrogens (primary N) is 1. The molecule has 0 bridgehead atoms. The smallest absolute Gasteiger partial charge is 0.387 e. The Morgan fingerprint density at radius 3 is 2.62 bits per heavy atom. The van der Waals surface area contributed by atoms with Crippen molar-refractivity contribution in [3.63, 3.8) is 0 Å². The lowest BCUT2D eigenvalue weighted by atomic mass is 10.1. The van der Waals surface area contributed by atoms with Crippen molar-refractivity contribution >= 4 is 38.4 Å². The maximum atomic E-state index is 12.4. The van der Waals surface area contributed by atoms with Crippen LogP contribution in [-0.2, 0) is 27.2 Å². The highest BCUT2D eigenvalue weighted by molar-refractivity contribution is 7.61. The number of fused-ring (bicyclic) bond motifs is 1. The normalized spacial score (nSPS) is 29.0. The number of aromatic nitrogens is 5. The molecular weight excluding hydrogens is 598 g/mol. The number of phosphoric ester groups is 2. The minimum atomic E-state index is -5.18. The molecule has 2 fully saturated rings. The zero-order valence-corrected chi connectivity index (χ0v) is 24.1. The predicted octanol–water partition coefficient (Wildman–Crippen LogP) is 0.810. The summed E-state index contributed by atoms with van der Waals surface area (Å²) in [6, 6.07) is 3.54. The zero-order valence-electron chi connectivity index (χ0n) is 22.3. The van der Waals surface area contributed by atoms with E-state index >= 15 is 0 Å². The van der Waals surface area contributed by atoms with Gasteiger partial charge in [0.05, 0.1) is 25.1 Å². The molecule has 8 atom stereocenters. The molecule has 0 aromatic carbocycles. The number of hydrogen-bond acceptors (Lipinski definition) is 13. The second kappa shape index (κ2) is 12.1. The van der Waals surface area contributed by atoms with Crippen LogP contribution in [0, 0.1) is 5.92 Å². The molecule has 2 aliphatic rings. The minimum Gasteiger partial charge on any atom is -0.387 e. The van der Waals surface area contributed by atoms with Crippen LogP contribution in [0.5, 0.6) is 0 Å². The van der Waals surface area contributed by atoms with Gasteiger partial charge < -0.3 is 30.5 Å². The molecule has 4 heterocycles. The number of rotatable bonds is 11. The van der Waals surface area contributed by atoms with Crippen LogP contribution in [0.3, 0.4) is 0 Å². The number of nitrogens with zero attached hydrogens (tertiary/aromatic N) is 5. The number of carbonyl (C=O) groups is 1. The molecule has 1 saturated heterocycles. The topological polar surface area (TPSA) is 243 Å². The number of hydrogen-bond donors (Lipinski definition) is 5. The fourth-order valence-corrected chi connectivity index (χ4v) is 7.25. The lowest BCUT2D eigenvalue weighted by Gasteiger charge is -2.20. The van der Waals surface area contributed by atoms with Gasteiger partial charge in [0.2, 0.25) is 0 Å². The number of nitrogen functional groups attached to an aromatic ring is 1. The van der Waals surface area contributed by atoms with E-state index in [1.165, 1.54) is 24.1 Å². The number of ether oxygens (including phenoxy) is 1. The summed E-state index contributed by atoms with van der Waals surface area (Å²) in [5, 5.41) is 20.9. The van der Waals surface area contributed by atoms with E-state index in [-0.39, 0.29) is 41.3 Å². The molecule has 17 nitrogen and oxygen atoms in total. The van der Waals surface area contributed by atoms with Crippen molar-refractivity contribution in [2.75, 3.05) is 18.9 Å². The maximum Gasteiger partial charge on any atom is 0.481 e. The van der Waals surface area contributed by atoms with Crippen LogP contribution in [-0.4, -0.2) is 76.8 Å². The van der Waals surface area contributed by atoms with Gasteiger partial charge in [0.1, 0.15) is 30.2 Å². The molecule has 42 heavy (non-hydrogen) atoms. The van der Waals surface area contributed by atoms with Crippen molar-refractivity contribution in [3.8, 4) is 0 Å². The van der Waals surface area contributed by atoms with Gasteiger partial charge in [0.25, 0.3) is 0 Å². The third kappa shape index (κ3) is 6.76. The molecule has 228 valence electrons. The van der Waals surface area contributed by atoms with Crippen LogP contribution in [0.15, 0.2) is 37.2 Å². The summed E-state index contributed by atoms with van der Waals surface area (Å²) in [4.78, 5) is 43.7. The Labute approximate surface area is 239 Å². The Morgan fingerprint density at radius 1 is 1.14 bits per heavy atom. The summed E-state index contributed by atoms with van der Waals surface area (Å²) in [6.07, 6.45) is 2.39. The first-order valence-corrected chi connectivity index (χ1v) is 15.9. The average molecular weight is 629 g/mol. The van der Waals surface area contributed by atoms with E-state index in [1.807, 2.05) is 10.8 Å². The van der Waals surface area contributed by atoms with Crippen LogP contribution in [0.25, 0.3) is 11.2 Å². The summed E-state index contributed by atoms with van der Waals surface area (Å²) < 4.78 is 47.9. The van der Waals surface area contributed by atoms with Crippen molar-refractivity contribution in [1.29, 1.82) is 0 Å². The SMILES string of the molecule is CC(=O)c1ccc[n+](C2CCC(COP(=O)(O)OP(=O)(O)OCC3OC(n4cnc5c(N)ncnc54)C(O)C3O)C2)c1. The number of anilines is 1. The summed E-state index contributed by atoms with van der Waals surface area (Å²) in [5.41, 5.74) is 6.79. The number of pyridine rings is 1. The van der Waals surface area contributed by atoms with Gasteiger partial charge >= 0.3 is 15.6 Å². The molecule has 0 amide bonds. The second-order valence-corrected chi connectivity index (χ2v) is 13.2. The molecular formula is C23H31N6O11P2+. The third-order valence-corrected chi connectivity index (χ3v) is 9.85. The molecule has 6 N–H and O–H groups in total. The summed E-state index contributed by atoms with van der Waals surface area (Å²) >= 11 is 0. The molecule has 1 aliphatic carbocycles. The molecule has 1 aliphatic heterocycles. The first-order chi connectivity index (χ1) is 19.8. The van der Waals surface area contributed by atoms with E-state index in [1.54, 1.807) is 18.3 Å². The minimum absolute atomic E-state index is 0.0475. The highest BCUT2D eigenvalue weighted by Crippen LogP contribution is 2.61.